The van der Waals surface area contributed by atoms with E-state index in [0.29, 0.717) is 38.3 Å². The van der Waals surface area contributed by atoms with Crippen LogP contribution in [0.15, 0.2) is 78.9 Å². The smallest absolute Gasteiger partial charge is 0.254 e. The standard InChI is InChI=1S/C30H30N4O2/c1-21-9-8-10-22(2)29(21)32-28(35)20-33-15-17-34(18-16-33)30(36)25-19-27(23-11-4-3-5-12-23)31-26-14-7-6-13-24(25)26/h3-14,19H,15-18,20H2,1-2H3,(H,32,35). The third-order valence-electron chi connectivity index (χ3n) is 6.79. The largest absolute Gasteiger partial charge is 0.336 e. The lowest BCUT2D eigenvalue weighted by atomic mass is 10.0. The molecule has 1 aliphatic rings. The number of nitrogens with zero attached hydrogens (tertiary/aromatic N) is 3. The summed E-state index contributed by atoms with van der Waals surface area (Å²) in [7, 11) is 0. The molecular formula is C30H30N4O2. The predicted octanol–water partition coefficient (Wildman–Crippen LogP) is 4.92. The van der Waals surface area contributed by atoms with Gasteiger partial charge in [-0.3, -0.25) is 14.5 Å². The molecule has 5 rings (SSSR count). The number of aryl methyl sites for hydroxylation is 2. The molecule has 182 valence electrons. The maximum atomic E-state index is 13.6. The van der Waals surface area contributed by atoms with Crippen LogP contribution in [0.25, 0.3) is 22.2 Å². The highest BCUT2D eigenvalue weighted by Gasteiger charge is 2.25. The van der Waals surface area contributed by atoms with Crippen LogP contribution in [0.3, 0.4) is 0 Å². The van der Waals surface area contributed by atoms with Gasteiger partial charge in [-0.25, -0.2) is 4.98 Å². The van der Waals surface area contributed by atoms with Crippen LogP contribution in [-0.4, -0.2) is 59.3 Å². The summed E-state index contributed by atoms with van der Waals surface area (Å²) in [6, 6.07) is 25.6. The van der Waals surface area contributed by atoms with Crippen molar-refractivity contribution in [1.82, 2.24) is 14.8 Å². The van der Waals surface area contributed by atoms with Gasteiger partial charge in [0.1, 0.15) is 0 Å². The van der Waals surface area contributed by atoms with E-state index in [1.165, 1.54) is 0 Å². The second-order valence-electron chi connectivity index (χ2n) is 9.32. The Morgan fingerprint density at radius 1 is 0.833 bits per heavy atom. The van der Waals surface area contributed by atoms with Crippen LogP contribution in [0.1, 0.15) is 21.5 Å². The van der Waals surface area contributed by atoms with E-state index in [0.717, 1.165) is 39.0 Å². The van der Waals surface area contributed by atoms with Crippen molar-refractivity contribution in [3.63, 3.8) is 0 Å². The molecule has 1 aromatic heterocycles. The Labute approximate surface area is 211 Å². The molecule has 0 bridgehead atoms. The summed E-state index contributed by atoms with van der Waals surface area (Å²) in [6.45, 7) is 6.77. The first kappa shape index (κ1) is 23.7. The van der Waals surface area contributed by atoms with Gasteiger partial charge in [-0.05, 0) is 37.1 Å². The molecule has 0 unspecified atom stereocenters. The van der Waals surface area contributed by atoms with E-state index in [1.54, 1.807) is 0 Å². The van der Waals surface area contributed by atoms with E-state index < -0.39 is 0 Å². The van der Waals surface area contributed by atoms with Crippen LogP contribution < -0.4 is 5.32 Å². The Kier molecular flexibility index (Phi) is 6.78. The quantitative estimate of drug-likeness (QED) is 0.442. The van der Waals surface area contributed by atoms with Gasteiger partial charge in [0.2, 0.25) is 5.91 Å². The first-order valence-corrected chi connectivity index (χ1v) is 12.3. The number of para-hydroxylation sites is 2. The Balaban J connectivity index is 1.28. The molecule has 1 N–H and O–H groups in total. The summed E-state index contributed by atoms with van der Waals surface area (Å²) in [4.78, 5) is 35.1. The number of nitrogens with one attached hydrogen (secondary N) is 1. The maximum absolute atomic E-state index is 13.6. The van der Waals surface area contributed by atoms with Crippen molar-refractivity contribution in [3.8, 4) is 11.3 Å². The summed E-state index contributed by atoms with van der Waals surface area (Å²) in [5.41, 5.74) is 6.24. The second kappa shape index (κ2) is 10.3. The fourth-order valence-corrected chi connectivity index (χ4v) is 4.78. The molecule has 2 heterocycles. The summed E-state index contributed by atoms with van der Waals surface area (Å²) in [5, 5.41) is 3.92. The zero-order valence-corrected chi connectivity index (χ0v) is 20.7. The minimum Gasteiger partial charge on any atom is -0.336 e. The molecule has 1 aliphatic heterocycles. The minimum atomic E-state index is -0.0280. The zero-order valence-electron chi connectivity index (χ0n) is 20.7. The van der Waals surface area contributed by atoms with Crippen LogP contribution >= 0.6 is 0 Å². The Morgan fingerprint density at radius 3 is 2.22 bits per heavy atom. The molecule has 0 atom stereocenters. The molecular weight excluding hydrogens is 448 g/mol. The molecule has 6 nitrogen and oxygen atoms in total. The average molecular weight is 479 g/mol. The van der Waals surface area contributed by atoms with Gasteiger partial charge in [0.15, 0.2) is 0 Å². The fourth-order valence-electron chi connectivity index (χ4n) is 4.78. The van der Waals surface area contributed by atoms with Crippen molar-refractivity contribution in [2.24, 2.45) is 0 Å². The molecule has 1 fully saturated rings. The van der Waals surface area contributed by atoms with E-state index >= 15 is 0 Å². The third kappa shape index (κ3) is 4.99. The SMILES string of the molecule is Cc1cccc(C)c1NC(=O)CN1CCN(C(=O)c2cc(-c3ccccc3)nc3ccccc23)CC1. The Morgan fingerprint density at radius 2 is 1.50 bits per heavy atom. The van der Waals surface area contributed by atoms with E-state index in [1.807, 2.05) is 97.6 Å². The fraction of sp³-hybridized carbons (Fsp3) is 0.233. The number of rotatable bonds is 5. The van der Waals surface area contributed by atoms with Crippen LogP contribution in [0.5, 0.6) is 0 Å². The van der Waals surface area contributed by atoms with Crippen molar-refractivity contribution in [1.29, 1.82) is 0 Å². The topological polar surface area (TPSA) is 65.5 Å². The number of carbonyl (C=O) groups excluding carboxylic acids is 2. The van der Waals surface area contributed by atoms with Crippen LogP contribution in [0.2, 0.25) is 0 Å². The minimum absolute atomic E-state index is 0.00502. The van der Waals surface area contributed by atoms with Crippen LogP contribution in [-0.2, 0) is 4.79 Å². The van der Waals surface area contributed by atoms with Gasteiger partial charge < -0.3 is 10.2 Å². The van der Waals surface area contributed by atoms with Gasteiger partial charge >= 0.3 is 0 Å². The van der Waals surface area contributed by atoms with Gasteiger partial charge in [0.05, 0.1) is 23.3 Å². The van der Waals surface area contributed by atoms with E-state index in [2.05, 4.69) is 10.2 Å². The normalized spacial score (nSPS) is 14.1. The number of piperazine rings is 1. The molecule has 36 heavy (non-hydrogen) atoms. The lowest BCUT2D eigenvalue weighted by Crippen LogP contribution is -2.50. The number of pyridine rings is 1. The number of aromatic nitrogens is 1. The number of benzene rings is 3. The Bertz CT molecular complexity index is 1390. The van der Waals surface area contributed by atoms with Crippen LogP contribution in [0.4, 0.5) is 5.69 Å². The molecule has 0 saturated carbocycles. The van der Waals surface area contributed by atoms with Gasteiger partial charge in [-0.1, -0.05) is 66.7 Å². The lowest BCUT2D eigenvalue weighted by molar-refractivity contribution is -0.117. The first-order chi connectivity index (χ1) is 17.5. The molecule has 0 spiro atoms. The van der Waals surface area contributed by atoms with E-state index in [9.17, 15) is 9.59 Å². The highest BCUT2D eigenvalue weighted by atomic mass is 16.2. The van der Waals surface area contributed by atoms with Gasteiger partial charge in [-0.15, -0.1) is 0 Å². The number of hydrogen-bond donors (Lipinski definition) is 1. The van der Waals surface area contributed by atoms with Crippen molar-refractivity contribution >= 4 is 28.4 Å². The van der Waals surface area contributed by atoms with Gasteiger partial charge in [-0.2, -0.15) is 0 Å². The van der Waals surface area contributed by atoms with E-state index in [4.69, 9.17) is 4.98 Å². The highest BCUT2D eigenvalue weighted by molar-refractivity contribution is 6.07. The van der Waals surface area contributed by atoms with E-state index in [-0.39, 0.29) is 11.8 Å². The van der Waals surface area contributed by atoms with Crippen LogP contribution in [0, 0.1) is 13.8 Å². The zero-order chi connectivity index (χ0) is 25.1. The first-order valence-electron chi connectivity index (χ1n) is 12.3. The number of hydrogen-bond acceptors (Lipinski definition) is 4. The van der Waals surface area contributed by atoms with Crippen molar-refractivity contribution < 1.29 is 9.59 Å². The predicted molar refractivity (Wildman–Crippen MR) is 144 cm³/mol. The van der Waals surface area contributed by atoms with Crippen molar-refractivity contribution in [3.05, 3.63) is 95.6 Å². The Hall–Kier alpha value is -4.03. The number of amides is 2. The maximum Gasteiger partial charge on any atom is 0.254 e. The lowest BCUT2D eigenvalue weighted by Gasteiger charge is -2.34. The molecule has 2 amide bonds. The molecule has 1 saturated heterocycles. The molecule has 6 heteroatoms. The summed E-state index contributed by atoms with van der Waals surface area (Å²) in [6.07, 6.45) is 0. The summed E-state index contributed by atoms with van der Waals surface area (Å²) < 4.78 is 0. The summed E-state index contributed by atoms with van der Waals surface area (Å²) >= 11 is 0. The van der Waals surface area contributed by atoms with Crippen molar-refractivity contribution in [2.75, 3.05) is 38.0 Å². The third-order valence-corrected chi connectivity index (χ3v) is 6.79. The molecule has 4 aromatic rings. The second-order valence-corrected chi connectivity index (χ2v) is 9.32. The monoisotopic (exact) mass is 478 g/mol. The van der Waals surface area contributed by atoms with Gasteiger partial charge in [0, 0.05) is 42.8 Å². The summed E-state index contributed by atoms with van der Waals surface area (Å²) in [5.74, 6) is -0.0229. The average Bonchev–Trinajstić information content (AvgIpc) is 2.91. The van der Waals surface area contributed by atoms with Crippen molar-refractivity contribution in [2.45, 2.75) is 13.8 Å². The highest BCUT2D eigenvalue weighted by Crippen LogP contribution is 2.26. The molecule has 3 aromatic carbocycles. The van der Waals surface area contributed by atoms with Gasteiger partial charge in [0.25, 0.3) is 5.91 Å². The number of carbonyl (C=O) groups is 2. The number of fused-ring (bicyclic) bond motifs is 1. The molecule has 0 aliphatic carbocycles. The molecule has 0 radical (unpaired) electrons. The number of anilines is 1.